The smallest absolute Gasteiger partial charge is 0.352 e. The molecule has 4 heterocycles. The summed E-state index contributed by atoms with van der Waals surface area (Å²) in [5, 5.41) is 17.1. The highest BCUT2D eigenvalue weighted by Gasteiger charge is 2.54. The number of anilines is 1. The van der Waals surface area contributed by atoms with Crippen LogP contribution in [0.15, 0.2) is 33.5 Å². The lowest BCUT2D eigenvalue weighted by molar-refractivity contribution is -0.150. The number of nitrogen functional groups attached to an aromatic ring is 1. The van der Waals surface area contributed by atoms with Crippen LogP contribution in [0.2, 0.25) is 0 Å². The molecule has 0 unspecified atom stereocenters. The molecule has 4 N–H and O–H groups in total. The lowest BCUT2D eigenvalue weighted by Crippen LogP contribution is -2.71. The van der Waals surface area contributed by atoms with Crippen molar-refractivity contribution in [1.82, 2.24) is 15.2 Å². The number of carbonyl (C=O) groups is 4. The molecule has 2 atom stereocenters. The highest BCUT2D eigenvalue weighted by molar-refractivity contribution is 8.00. The van der Waals surface area contributed by atoms with Crippen molar-refractivity contribution in [2.75, 3.05) is 25.2 Å². The summed E-state index contributed by atoms with van der Waals surface area (Å²) >= 11 is 2.40. The number of cyclic esters (lactones) is 1. The zero-order valence-corrected chi connectivity index (χ0v) is 18.2. The Hall–Kier alpha value is -3.39. The van der Waals surface area contributed by atoms with Crippen molar-refractivity contribution in [2.24, 2.45) is 5.16 Å². The van der Waals surface area contributed by atoms with Gasteiger partial charge in [-0.2, -0.15) is 0 Å². The second kappa shape index (κ2) is 8.63. The molecular weight excluding hydrogens is 462 g/mol. The van der Waals surface area contributed by atoms with E-state index in [2.05, 4.69) is 15.5 Å². The Bertz CT molecular complexity index is 1110. The van der Waals surface area contributed by atoms with Gasteiger partial charge in [0.15, 0.2) is 10.8 Å². The van der Waals surface area contributed by atoms with Crippen LogP contribution in [0.25, 0.3) is 0 Å². The molecule has 0 saturated carbocycles. The fourth-order valence-corrected chi connectivity index (χ4v) is 5.38. The Morgan fingerprint density at radius 1 is 1.47 bits per heavy atom. The van der Waals surface area contributed by atoms with Gasteiger partial charge in [-0.1, -0.05) is 5.16 Å². The van der Waals surface area contributed by atoms with Crippen LogP contribution in [0.1, 0.15) is 12.1 Å². The van der Waals surface area contributed by atoms with Gasteiger partial charge in [0, 0.05) is 23.1 Å². The number of hydrogen-bond acceptors (Lipinski definition) is 11. The number of thioether (sulfide) groups is 1. The van der Waals surface area contributed by atoms with Gasteiger partial charge >= 0.3 is 11.9 Å². The topological polar surface area (TPSA) is 174 Å². The summed E-state index contributed by atoms with van der Waals surface area (Å²) in [7, 11) is 1.26. The molecule has 0 spiro atoms. The van der Waals surface area contributed by atoms with E-state index in [0.717, 1.165) is 16.2 Å². The first-order valence-electron chi connectivity index (χ1n) is 9.21. The Balaban J connectivity index is 1.52. The Morgan fingerprint density at radius 3 is 2.84 bits per heavy atom. The number of thiazole rings is 1. The van der Waals surface area contributed by atoms with E-state index < -0.39 is 35.2 Å². The molecule has 1 aromatic heterocycles. The van der Waals surface area contributed by atoms with Gasteiger partial charge in [0.2, 0.25) is 0 Å². The maximum absolute atomic E-state index is 12.8. The van der Waals surface area contributed by atoms with E-state index in [0.29, 0.717) is 11.1 Å². The van der Waals surface area contributed by atoms with Gasteiger partial charge in [0.05, 0.1) is 0 Å². The molecule has 2 amide bonds. The van der Waals surface area contributed by atoms with E-state index in [4.69, 9.17) is 15.3 Å². The predicted octanol–water partition coefficient (Wildman–Crippen LogP) is -0.312. The number of nitrogens with one attached hydrogen (secondary N) is 1. The van der Waals surface area contributed by atoms with Gasteiger partial charge in [0.25, 0.3) is 11.8 Å². The Kier molecular flexibility index (Phi) is 5.88. The number of fused-ring (bicyclic) bond motifs is 1. The monoisotopic (exact) mass is 479 g/mol. The van der Waals surface area contributed by atoms with Gasteiger partial charge < -0.3 is 25.7 Å². The number of oxime groups is 1. The first-order valence-corrected chi connectivity index (χ1v) is 11.1. The number of carboxylic acid groups (broad SMARTS) is 1. The zero-order valence-electron chi connectivity index (χ0n) is 16.6. The Labute approximate surface area is 189 Å². The lowest BCUT2D eigenvalue weighted by atomic mass is 9.99. The number of aromatic nitrogens is 1. The van der Waals surface area contributed by atoms with Crippen LogP contribution in [0.5, 0.6) is 0 Å². The van der Waals surface area contributed by atoms with Gasteiger partial charge in [-0.3, -0.25) is 14.5 Å². The second-order valence-electron chi connectivity index (χ2n) is 6.82. The van der Waals surface area contributed by atoms with Crippen molar-refractivity contribution in [2.45, 2.75) is 17.8 Å². The summed E-state index contributed by atoms with van der Waals surface area (Å²) in [5.41, 5.74) is 6.25. The lowest BCUT2D eigenvalue weighted by Gasteiger charge is -2.49. The average molecular weight is 479 g/mol. The molecule has 1 saturated heterocycles. The van der Waals surface area contributed by atoms with Gasteiger partial charge in [0.1, 0.15) is 36.5 Å². The van der Waals surface area contributed by atoms with Crippen molar-refractivity contribution >= 4 is 57.7 Å². The minimum atomic E-state index is -1.28. The molecule has 3 aliphatic rings. The summed E-state index contributed by atoms with van der Waals surface area (Å²) < 4.78 is 4.86. The van der Waals surface area contributed by atoms with Crippen LogP contribution in [-0.4, -0.2) is 75.3 Å². The van der Waals surface area contributed by atoms with Crippen LogP contribution in [0.4, 0.5) is 5.13 Å². The maximum atomic E-state index is 12.8. The van der Waals surface area contributed by atoms with E-state index in [-0.39, 0.29) is 41.0 Å². The largest absolute Gasteiger partial charge is 0.477 e. The number of aliphatic carboxylic acids is 1. The number of nitrogens with two attached hydrogens (primary N) is 1. The standard InChI is InChI=1S/C18H17N5O7S2/c1-29-22-10(9-6-32-18(19)20-9)13(24)21-11-14(25)23-12(16(26)27)8(5-31-15(11)23)4-7-2-3-30-17(7)28/h2,6,11,15H,3-5H2,1H3,(H2,19,20)(H,21,24)(H,26,27)/t11-,15+/m1/s1. The number of β-lactam (4-membered cyclic amide) rings is 1. The summed E-state index contributed by atoms with van der Waals surface area (Å²) in [6.07, 6.45) is 1.67. The number of carboxylic acids is 1. The molecule has 12 nitrogen and oxygen atoms in total. The molecule has 168 valence electrons. The summed E-state index contributed by atoms with van der Waals surface area (Å²) in [6.45, 7) is 0.145. The SMILES string of the molecule is CON=C(C(=O)N[C@@H]1C(=O)N2C(C(=O)O)=C(CC3=CCOC3=O)CS[C@@H]12)c1csc(N)n1. The van der Waals surface area contributed by atoms with Crippen molar-refractivity contribution < 1.29 is 33.9 Å². The van der Waals surface area contributed by atoms with Crippen molar-refractivity contribution in [3.05, 3.63) is 34.0 Å². The van der Waals surface area contributed by atoms with Crippen molar-refractivity contribution in [3.8, 4) is 0 Å². The number of amides is 2. The second-order valence-corrected chi connectivity index (χ2v) is 8.81. The summed E-state index contributed by atoms with van der Waals surface area (Å²) in [4.78, 5) is 59.0. The first kappa shape index (κ1) is 21.8. The van der Waals surface area contributed by atoms with Gasteiger partial charge in [-0.15, -0.1) is 23.1 Å². The third-order valence-corrected chi connectivity index (χ3v) is 6.92. The van der Waals surface area contributed by atoms with Crippen LogP contribution in [0, 0.1) is 0 Å². The molecule has 0 radical (unpaired) electrons. The molecule has 0 aromatic carbocycles. The fraction of sp³-hybridized carbons (Fsp3) is 0.333. The molecule has 14 heteroatoms. The third-order valence-electron chi connectivity index (χ3n) is 4.91. The van der Waals surface area contributed by atoms with Crippen LogP contribution < -0.4 is 11.1 Å². The number of carbonyl (C=O) groups excluding carboxylic acids is 3. The molecular formula is C18H17N5O7S2. The third kappa shape index (κ3) is 3.82. The number of rotatable bonds is 7. The zero-order chi connectivity index (χ0) is 23.0. The predicted molar refractivity (Wildman–Crippen MR) is 113 cm³/mol. The maximum Gasteiger partial charge on any atom is 0.352 e. The van der Waals surface area contributed by atoms with E-state index >= 15 is 0 Å². The van der Waals surface area contributed by atoms with Crippen LogP contribution in [0.3, 0.4) is 0 Å². The van der Waals surface area contributed by atoms with Crippen LogP contribution >= 0.6 is 23.1 Å². The highest BCUT2D eigenvalue weighted by Crippen LogP contribution is 2.42. The number of esters is 1. The number of ether oxygens (including phenoxy) is 1. The van der Waals surface area contributed by atoms with Crippen molar-refractivity contribution in [1.29, 1.82) is 0 Å². The van der Waals surface area contributed by atoms with Crippen molar-refractivity contribution in [3.63, 3.8) is 0 Å². The molecule has 4 rings (SSSR count). The summed E-state index contributed by atoms with van der Waals surface area (Å²) in [6, 6.07) is -0.961. The minimum Gasteiger partial charge on any atom is -0.477 e. The fourth-order valence-electron chi connectivity index (χ4n) is 3.49. The van der Waals surface area contributed by atoms with Gasteiger partial charge in [-0.05, 0) is 11.6 Å². The van der Waals surface area contributed by atoms with E-state index in [1.54, 1.807) is 6.08 Å². The molecule has 0 bridgehead atoms. The molecule has 1 fully saturated rings. The minimum absolute atomic E-state index is 0.0802. The number of hydrogen-bond donors (Lipinski definition) is 3. The van der Waals surface area contributed by atoms with E-state index in [1.807, 2.05) is 0 Å². The van der Waals surface area contributed by atoms with E-state index in [1.165, 1.54) is 24.3 Å². The quantitative estimate of drug-likeness (QED) is 0.204. The van der Waals surface area contributed by atoms with Crippen LogP contribution in [-0.2, 0) is 28.8 Å². The normalized spacial score (nSPS) is 22.7. The Morgan fingerprint density at radius 2 is 2.25 bits per heavy atom. The highest BCUT2D eigenvalue weighted by atomic mass is 32.2. The first-order chi connectivity index (χ1) is 15.3. The number of nitrogens with zero attached hydrogens (tertiary/aromatic N) is 3. The molecule has 3 aliphatic heterocycles. The molecule has 32 heavy (non-hydrogen) atoms. The summed E-state index contributed by atoms with van der Waals surface area (Å²) in [5.74, 6) is -2.80. The van der Waals surface area contributed by atoms with E-state index in [9.17, 15) is 24.3 Å². The van der Waals surface area contributed by atoms with Gasteiger partial charge in [-0.25, -0.2) is 14.6 Å². The molecule has 1 aromatic rings. The average Bonchev–Trinajstić information content (AvgIpc) is 3.37. The molecule has 0 aliphatic carbocycles.